The van der Waals surface area contributed by atoms with E-state index in [1.54, 1.807) is 0 Å². The molecule has 2 radical (unpaired) electrons. The second kappa shape index (κ2) is 9.71. The van der Waals surface area contributed by atoms with Crippen molar-refractivity contribution < 1.29 is 10.2 Å². The van der Waals surface area contributed by atoms with E-state index in [9.17, 15) is 10.2 Å². The molecule has 0 spiro atoms. The first-order valence-corrected chi connectivity index (χ1v) is 12.3. The largest absolute Gasteiger partial charge is 0.396 e. The van der Waals surface area contributed by atoms with Crippen LogP contribution in [0.15, 0.2) is 60.7 Å². The molecule has 0 amide bonds. The van der Waals surface area contributed by atoms with Crippen molar-refractivity contribution in [3.63, 3.8) is 0 Å². The Morgan fingerprint density at radius 1 is 0.655 bits per heavy atom. The van der Waals surface area contributed by atoms with Crippen molar-refractivity contribution in [2.45, 2.75) is 49.6 Å². The molecule has 2 aliphatic rings. The maximum Gasteiger partial charge on any atom is 0.0434 e. The predicted octanol–water partition coefficient (Wildman–Crippen LogP) is 5.43. The van der Waals surface area contributed by atoms with Crippen LogP contribution in [0.2, 0.25) is 12.1 Å². The molecular formula is C26H30O2Si. The number of fused-ring (bicyclic) bond motifs is 2. The second-order valence-electron chi connectivity index (χ2n) is 8.08. The van der Waals surface area contributed by atoms with Crippen molar-refractivity contribution >= 4 is 20.7 Å². The van der Waals surface area contributed by atoms with Crippen molar-refractivity contribution in [2.75, 3.05) is 13.2 Å². The Morgan fingerprint density at radius 3 is 1.55 bits per heavy atom. The summed E-state index contributed by atoms with van der Waals surface area (Å²) in [6.45, 7) is 0.524. The summed E-state index contributed by atoms with van der Waals surface area (Å²) in [5, 5.41) is 18.4. The van der Waals surface area contributed by atoms with Crippen LogP contribution in [0.1, 0.15) is 59.8 Å². The van der Waals surface area contributed by atoms with Gasteiger partial charge in [-0.25, -0.2) is 0 Å². The third kappa shape index (κ3) is 4.47. The van der Waals surface area contributed by atoms with Crippen LogP contribution in [0.25, 0.3) is 11.1 Å². The molecule has 0 saturated carbocycles. The van der Waals surface area contributed by atoms with E-state index in [0.29, 0.717) is 11.8 Å². The van der Waals surface area contributed by atoms with E-state index in [0.717, 1.165) is 35.2 Å². The lowest BCUT2D eigenvalue weighted by Gasteiger charge is -2.13. The molecule has 2 atom stereocenters. The zero-order chi connectivity index (χ0) is 20.1. The Hall–Kier alpha value is -1.94. The molecule has 4 rings (SSSR count). The molecule has 2 aromatic rings. The molecule has 29 heavy (non-hydrogen) atoms. The van der Waals surface area contributed by atoms with Gasteiger partial charge in [-0.1, -0.05) is 72.8 Å². The average Bonchev–Trinajstić information content (AvgIpc) is 3.29. The molecule has 2 N–H and O–H groups in total. The van der Waals surface area contributed by atoms with Gasteiger partial charge in [0.05, 0.1) is 0 Å². The first-order valence-electron chi connectivity index (χ1n) is 10.8. The summed E-state index contributed by atoms with van der Waals surface area (Å²) in [5.74, 6) is 1.04. The van der Waals surface area contributed by atoms with E-state index in [-0.39, 0.29) is 13.2 Å². The SMILES string of the molecule is OCCCC1=CC(C[Si]CC2C=C(CCCO)c3ccccc32)c2ccccc21. The minimum absolute atomic E-state index is 0.262. The maximum atomic E-state index is 9.21. The lowest BCUT2D eigenvalue weighted by molar-refractivity contribution is 0.290. The summed E-state index contributed by atoms with van der Waals surface area (Å²) < 4.78 is 0. The monoisotopic (exact) mass is 402 g/mol. The Kier molecular flexibility index (Phi) is 6.81. The van der Waals surface area contributed by atoms with E-state index in [1.165, 1.54) is 45.5 Å². The Balaban J connectivity index is 1.41. The summed E-state index contributed by atoms with van der Waals surface area (Å²) in [6.07, 6.45) is 8.54. The lowest BCUT2D eigenvalue weighted by atomic mass is 10.00. The summed E-state index contributed by atoms with van der Waals surface area (Å²) in [4.78, 5) is 0. The molecule has 0 aliphatic heterocycles. The topological polar surface area (TPSA) is 40.5 Å². The molecule has 150 valence electrons. The van der Waals surface area contributed by atoms with Crippen LogP contribution >= 0.6 is 0 Å². The fourth-order valence-electron chi connectivity index (χ4n) is 4.78. The molecule has 0 bridgehead atoms. The highest BCUT2D eigenvalue weighted by Gasteiger charge is 2.25. The van der Waals surface area contributed by atoms with Gasteiger partial charge in [-0.15, -0.1) is 0 Å². The summed E-state index contributed by atoms with van der Waals surface area (Å²) >= 11 is 0. The van der Waals surface area contributed by atoms with Gasteiger partial charge in [0.15, 0.2) is 0 Å². The van der Waals surface area contributed by atoms with Crippen LogP contribution in [-0.2, 0) is 0 Å². The Bertz CT molecular complexity index is 826. The zero-order valence-corrected chi connectivity index (χ0v) is 18.0. The highest BCUT2D eigenvalue weighted by Crippen LogP contribution is 2.42. The summed E-state index contributed by atoms with van der Waals surface area (Å²) in [7, 11) is 0.920. The zero-order valence-electron chi connectivity index (χ0n) is 17.0. The molecule has 2 unspecified atom stereocenters. The third-order valence-corrected chi connectivity index (χ3v) is 7.61. The molecule has 0 heterocycles. The molecule has 2 aromatic carbocycles. The van der Waals surface area contributed by atoms with Gasteiger partial charge in [-0.05, 0) is 59.1 Å². The fraction of sp³-hybridized carbons (Fsp3) is 0.385. The summed E-state index contributed by atoms with van der Waals surface area (Å²) in [6, 6.07) is 20.0. The Morgan fingerprint density at radius 2 is 1.10 bits per heavy atom. The van der Waals surface area contributed by atoms with Gasteiger partial charge in [-0.2, -0.15) is 0 Å². The molecular weight excluding hydrogens is 372 g/mol. The van der Waals surface area contributed by atoms with E-state index >= 15 is 0 Å². The van der Waals surface area contributed by atoms with E-state index in [4.69, 9.17) is 0 Å². The molecule has 2 aliphatic carbocycles. The van der Waals surface area contributed by atoms with Crippen molar-refractivity contribution in [3.8, 4) is 0 Å². The molecule has 0 aromatic heterocycles. The van der Waals surface area contributed by atoms with Crippen LogP contribution in [0.3, 0.4) is 0 Å². The smallest absolute Gasteiger partial charge is 0.0434 e. The van der Waals surface area contributed by atoms with E-state index in [2.05, 4.69) is 60.7 Å². The maximum absolute atomic E-state index is 9.21. The number of aliphatic hydroxyl groups excluding tert-OH is 2. The molecule has 0 fully saturated rings. The molecule has 2 nitrogen and oxygen atoms in total. The van der Waals surface area contributed by atoms with E-state index < -0.39 is 0 Å². The number of hydrogen-bond acceptors (Lipinski definition) is 2. The van der Waals surface area contributed by atoms with Crippen LogP contribution in [0.4, 0.5) is 0 Å². The quantitative estimate of drug-likeness (QED) is 0.520. The summed E-state index contributed by atoms with van der Waals surface area (Å²) in [5.41, 5.74) is 8.57. The van der Waals surface area contributed by atoms with Crippen molar-refractivity contribution in [2.24, 2.45) is 0 Å². The third-order valence-electron chi connectivity index (χ3n) is 6.15. The number of allylic oxidation sites excluding steroid dienone is 4. The predicted molar refractivity (Wildman–Crippen MR) is 122 cm³/mol. The average molecular weight is 403 g/mol. The first-order chi connectivity index (χ1) is 14.3. The standard InChI is InChI=1S/C26H30O2Si/c27-13-5-7-19-15-21(25-11-3-1-9-23(19)25)17-29-18-22-16-20(8-6-14-28)24-10-2-4-12-26(22)24/h1-4,9-12,15-16,21-22,27-28H,5-8,13-14,17-18H2. The van der Waals surface area contributed by atoms with Crippen LogP contribution < -0.4 is 0 Å². The van der Waals surface area contributed by atoms with E-state index in [1.807, 2.05) is 0 Å². The van der Waals surface area contributed by atoms with Crippen molar-refractivity contribution in [1.82, 2.24) is 0 Å². The van der Waals surface area contributed by atoms with Crippen LogP contribution in [-0.4, -0.2) is 32.9 Å². The second-order valence-corrected chi connectivity index (χ2v) is 9.40. The highest BCUT2D eigenvalue weighted by atomic mass is 28.2. The fourth-order valence-corrected chi connectivity index (χ4v) is 6.24. The van der Waals surface area contributed by atoms with Gasteiger partial charge >= 0.3 is 0 Å². The van der Waals surface area contributed by atoms with Crippen LogP contribution in [0.5, 0.6) is 0 Å². The van der Waals surface area contributed by atoms with Gasteiger partial charge in [0.1, 0.15) is 0 Å². The van der Waals surface area contributed by atoms with Gasteiger partial charge in [0.2, 0.25) is 0 Å². The number of hydrogen-bond donors (Lipinski definition) is 2. The van der Waals surface area contributed by atoms with Crippen LogP contribution in [0, 0.1) is 0 Å². The van der Waals surface area contributed by atoms with Gasteiger partial charge in [0.25, 0.3) is 0 Å². The Labute approximate surface area is 176 Å². The number of aliphatic hydroxyl groups is 2. The van der Waals surface area contributed by atoms with Gasteiger partial charge in [0, 0.05) is 34.6 Å². The number of benzene rings is 2. The number of rotatable bonds is 10. The van der Waals surface area contributed by atoms with Gasteiger partial charge in [-0.3, -0.25) is 0 Å². The molecule has 0 saturated heterocycles. The van der Waals surface area contributed by atoms with Crippen molar-refractivity contribution in [3.05, 3.63) is 82.9 Å². The molecule has 3 heteroatoms. The normalized spacial score (nSPS) is 19.7. The lowest BCUT2D eigenvalue weighted by Crippen LogP contribution is -2.03. The van der Waals surface area contributed by atoms with Gasteiger partial charge < -0.3 is 10.2 Å². The highest BCUT2D eigenvalue weighted by molar-refractivity contribution is 6.36. The minimum atomic E-state index is 0.262. The first kappa shape index (κ1) is 20.3. The van der Waals surface area contributed by atoms with Crippen molar-refractivity contribution in [1.29, 1.82) is 0 Å². The minimum Gasteiger partial charge on any atom is -0.396 e.